The highest BCUT2D eigenvalue weighted by Crippen LogP contribution is 2.28. The van der Waals surface area contributed by atoms with Crippen molar-refractivity contribution in [1.82, 2.24) is 5.16 Å². The predicted molar refractivity (Wildman–Crippen MR) is 58.9 cm³/mol. The van der Waals surface area contributed by atoms with E-state index in [4.69, 9.17) is 32.8 Å². The summed E-state index contributed by atoms with van der Waals surface area (Å²) in [6.07, 6.45) is 0. The van der Waals surface area contributed by atoms with Crippen molar-refractivity contribution in [3.05, 3.63) is 40.0 Å². The minimum absolute atomic E-state index is 0.152. The molecular weight excluding hydrogens is 253 g/mol. The van der Waals surface area contributed by atoms with Crippen LogP contribution in [0.2, 0.25) is 10.0 Å². The zero-order valence-corrected chi connectivity index (χ0v) is 9.29. The lowest BCUT2D eigenvalue weighted by atomic mass is 10.1. The van der Waals surface area contributed by atoms with E-state index in [1.807, 2.05) is 0 Å². The molecule has 1 heterocycles. The molecule has 0 atom stereocenters. The minimum Gasteiger partial charge on any atom is -0.476 e. The van der Waals surface area contributed by atoms with Crippen molar-refractivity contribution >= 4 is 29.2 Å². The summed E-state index contributed by atoms with van der Waals surface area (Å²) in [5.41, 5.74) is 0.468. The normalized spacial score (nSPS) is 10.4. The first kappa shape index (κ1) is 11.0. The quantitative estimate of drug-likeness (QED) is 0.897. The Bertz CT molecular complexity index is 551. The van der Waals surface area contributed by atoms with E-state index in [0.29, 0.717) is 21.4 Å². The molecule has 0 saturated carbocycles. The van der Waals surface area contributed by atoms with E-state index in [1.54, 1.807) is 18.2 Å². The number of rotatable bonds is 2. The smallest absolute Gasteiger partial charge is 0.358 e. The van der Waals surface area contributed by atoms with Gasteiger partial charge in [-0.3, -0.25) is 0 Å². The number of carboxylic acids is 1. The largest absolute Gasteiger partial charge is 0.476 e. The van der Waals surface area contributed by atoms with Gasteiger partial charge in [-0.25, -0.2) is 4.79 Å². The fourth-order valence-corrected chi connectivity index (χ4v) is 1.46. The molecule has 0 spiro atoms. The molecule has 1 aromatic heterocycles. The van der Waals surface area contributed by atoms with Crippen LogP contribution in [-0.2, 0) is 0 Å². The Balaban J connectivity index is 2.42. The van der Waals surface area contributed by atoms with Crippen LogP contribution in [0.25, 0.3) is 11.3 Å². The third-order valence-electron chi connectivity index (χ3n) is 1.93. The zero-order chi connectivity index (χ0) is 11.7. The fourth-order valence-electron chi connectivity index (χ4n) is 1.16. The second kappa shape index (κ2) is 4.15. The second-order valence-corrected chi connectivity index (χ2v) is 3.82. The van der Waals surface area contributed by atoms with Gasteiger partial charge in [0.1, 0.15) is 0 Å². The number of hydrogen-bond donors (Lipinski definition) is 1. The molecule has 0 aliphatic rings. The van der Waals surface area contributed by atoms with Gasteiger partial charge in [-0.15, -0.1) is 0 Å². The Morgan fingerprint density at radius 3 is 2.56 bits per heavy atom. The molecule has 4 nitrogen and oxygen atoms in total. The van der Waals surface area contributed by atoms with Crippen LogP contribution in [0.4, 0.5) is 0 Å². The Labute approximate surface area is 100 Å². The summed E-state index contributed by atoms with van der Waals surface area (Å²) in [6.45, 7) is 0. The Hall–Kier alpha value is -1.52. The lowest BCUT2D eigenvalue weighted by Crippen LogP contribution is -1.94. The van der Waals surface area contributed by atoms with Gasteiger partial charge in [-0.1, -0.05) is 28.4 Å². The molecule has 0 fully saturated rings. The summed E-state index contributed by atoms with van der Waals surface area (Å²) in [6, 6.07) is 6.17. The van der Waals surface area contributed by atoms with Gasteiger partial charge < -0.3 is 9.63 Å². The molecule has 6 heteroatoms. The molecule has 16 heavy (non-hydrogen) atoms. The lowest BCUT2D eigenvalue weighted by molar-refractivity contribution is 0.0686. The van der Waals surface area contributed by atoms with Gasteiger partial charge >= 0.3 is 5.97 Å². The van der Waals surface area contributed by atoms with Gasteiger partial charge in [0.2, 0.25) is 0 Å². The number of nitrogens with zero attached hydrogens (tertiary/aromatic N) is 1. The van der Waals surface area contributed by atoms with Gasteiger partial charge in [-0.2, -0.15) is 0 Å². The van der Waals surface area contributed by atoms with E-state index in [1.165, 1.54) is 6.07 Å². The average Bonchev–Trinajstić information content (AvgIpc) is 2.71. The maximum Gasteiger partial charge on any atom is 0.358 e. The first-order valence-electron chi connectivity index (χ1n) is 4.23. The summed E-state index contributed by atoms with van der Waals surface area (Å²) in [5, 5.41) is 12.9. The van der Waals surface area contributed by atoms with Gasteiger partial charge in [0.25, 0.3) is 0 Å². The molecular formula is C10H5Cl2NO3. The Kier molecular flexibility index (Phi) is 2.85. The van der Waals surface area contributed by atoms with Gasteiger partial charge in [0.05, 0.1) is 10.0 Å². The molecule has 0 saturated heterocycles. The van der Waals surface area contributed by atoms with Crippen LogP contribution >= 0.6 is 23.2 Å². The molecule has 0 unspecified atom stereocenters. The van der Waals surface area contributed by atoms with Gasteiger partial charge in [0, 0.05) is 11.6 Å². The van der Waals surface area contributed by atoms with Crippen molar-refractivity contribution in [2.45, 2.75) is 0 Å². The summed E-state index contributed by atoms with van der Waals surface area (Å²) in [7, 11) is 0. The highest BCUT2D eigenvalue weighted by Gasteiger charge is 2.12. The number of carbonyl (C=O) groups is 1. The van der Waals surface area contributed by atoms with Crippen LogP contribution in [0.5, 0.6) is 0 Å². The third-order valence-corrected chi connectivity index (χ3v) is 2.67. The molecule has 1 N–H and O–H groups in total. The first-order chi connectivity index (χ1) is 7.58. The summed E-state index contributed by atoms with van der Waals surface area (Å²) in [4.78, 5) is 10.6. The number of carboxylic acid groups (broad SMARTS) is 1. The average molecular weight is 258 g/mol. The van der Waals surface area contributed by atoms with E-state index >= 15 is 0 Å². The minimum atomic E-state index is -1.14. The maximum atomic E-state index is 10.6. The van der Waals surface area contributed by atoms with Crippen molar-refractivity contribution in [3.8, 4) is 11.3 Å². The summed E-state index contributed by atoms with van der Waals surface area (Å²) < 4.78 is 4.87. The highest BCUT2D eigenvalue weighted by atomic mass is 35.5. The van der Waals surface area contributed by atoms with Crippen LogP contribution in [0, 0.1) is 0 Å². The summed E-state index contributed by atoms with van der Waals surface area (Å²) in [5.74, 6) is -0.814. The van der Waals surface area contributed by atoms with Crippen LogP contribution in [0.15, 0.2) is 28.8 Å². The van der Waals surface area contributed by atoms with E-state index in [0.717, 1.165) is 0 Å². The number of benzene rings is 1. The molecule has 2 rings (SSSR count). The zero-order valence-electron chi connectivity index (χ0n) is 7.78. The van der Waals surface area contributed by atoms with Crippen LogP contribution in [0.1, 0.15) is 10.5 Å². The van der Waals surface area contributed by atoms with Crippen molar-refractivity contribution < 1.29 is 14.4 Å². The van der Waals surface area contributed by atoms with Crippen LogP contribution < -0.4 is 0 Å². The lowest BCUT2D eigenvalue weighted by Gasteiger charge is -1.97. The fraction of sp³-hybridized carbons (Fsp3) is 0. The van der Waals surface area contributed by atoms with Crippen molar-refractivity contribution in [2.75, 3.05) is 0 Å². The SMILES string of the molecule is O=C(O)c1cc(-c2ccc(Cl)c(Cl)c2)on1. The number of aromatic nitrogens is 1. The standard InChI is InChI=1S/C10H5Cl2NO3/c11-6-2-1-5(3-7(6)12)9-4-8(10(14)15)13-16-9/h1-4H,(H,14,15). The van der Waals surface area contributed by atoms with E-state index < -0.39 is 5.97 Å². The van der Waals surface area contributed by atoms with Gasteiger partial charge in [0.15, 0.2) is 11.5 Å². The van der Waals surface area contributed by atoms with E-state index in [-0.39, 0.29) is 5.69 Å². The van der Waals surface area contributed by atoms with E-state index in [9.17, 15) is 4.79 Å². The molecule has 0 radical (unpaired) electrons. The third kappa shape index (κ3) is 2.03. The second-order valence-electron chi connectivity index (χ2n) is 3.01. The molecule has 2 aromatic rings. The van der Waals surface area contributed by atoms with Crippen LogP contribution in [0.3, 0.4) is 0 Å². The van der Waals surface area contributed by atoms with Crippen LogP contribution in [-0.4, -0.2) is 16.2 Å². The monoisotopic (exact) mass is 257 g/mol. The first-order valence-corrected chi connectivity index (χ1v) is 4.99. The summed E-state index contributed by atoms with van der Waals surface area (Å²) >= 11 is 11.6. The van der Waals surface area contributed by atoms with E-state index in [2.05, 4.69) is 5.16 Å². The molecule has 0 bridgehead atoms. The number of aromatic carboxylic acids is 1. The molecule has 0 aliphatic carbocycles. The van der Waals surface area contributed by atoms with Crippen molar-refractivity contribution in [2.24, 2.45) is 0 Å². The number of halogens is 2. The molecule has 82 valence electrons. The maximum absolute atomic E-state index is 10.6. The number of hydrogen-bond acceptors (Lipinski definition) is 3. The predicted octanol–water partition coefficient (Wildman–Crippen LogP) is 3.35. The Morgan fingerprint density at radius 2 is 2.00 bits per heavy atom. The Morgan fingerprint density at radius 1 is 1.25 bits per heavy atom. The molecule has 0 aliphatic heterocycles. The van der Waals surface area contributed by atoms with Gasteiger partial charge in [-0.05, 0) is 18.2 Å². The van der Waals surface area contributed by atoms with Crippen molar-refractivity contribution in [1.29, 1.82) is 0 Å². The topological polar surface area (TPSA) is 63.3 Å². The molecule has 1 aromatic carbocycles. The highest BCUT2D eigenvalue weighted by molar-refractivity contribution is 6.42. The van der Waals surface area contributed by atoms with Crippen molar-refractivity contribution in [3.63, 3.8) is 0 Å². The molecule has 0 amide bonds.